The van der Waals surface area contributed by atoms with Gasteiger partial charge in [-0.25, -0.2) is 0 Å². The summed E-state index contributed by atoms with van der Waals surface area (Å²) >= 11 is 0. The largest absolute Gasteiger partial charge is 0.394 e. The number of aliphatic hydroxyl groups is 5. The molecule has 7 atom stereocenters. The van der Waals surface area contributed by atoms with E-state index in [1.807, 2.05) is 0 Å². The zero-order chi connectivity index (χ0) is 57.2. The minimum absolute atomic E-state index is 0.132. The molecule has 1 heterocycles. The number of carbonyl (C=O) groups is 1. The van der Waals surface area contributed by atoms with E-state index >= 15 is 0 Å². The number of amides is 1. The van der Waals surface area contributed by atoms with E-state index in [0.717, 1.165) is 44.9 Å². The van der Waals surface area contributed by atoms with Gasteiger partial charge in [0.05, 0.1) is 25.4 Å². The number of hydrogen-bond acceptors (Lipinski definition) is 8. The first kappa shape index (κ1) is 75.7. The molecule has 1 saturated heterocycles. The standard InChI is InChI=1S/C70H135NO8/c1-3-5-7-9-11-13-15-17-19-21-23-25-26-27-28-29-30-31-32-33-34-35-36-37-38-40-42-44-46-48-50-52-54-56-58-60-66(74)71-63(62-78-70-69(77)68(76)67(75)65(61-72)79-70)64(73)59-57-55-53-51-49-47-45-43-41-39-24-22-20-18-16-14-12-10-8-6-4-2/h15,17,21,23,63-65,67-70,72-73,75-77H,3-14,16,18-20,22,24-62H2,1-2H3,(H,71,74)/b17-15-,23-21-. The predicted octanol–water partition coefficient (Wildman–Crippen LogP) is 18.9. The van der Waals surface area contributed by atoms with Crippen molar-refractivity contribution in [3.63, 3.8) is 0 Å². The first-order valence-corrected chi connectivity index (χ1v) is 35.0. The molecule has 7 unspecified atom stereocenters. The van der Waals surface area contributed by atoms with E-state index in [0.29, 0.717) is 12.8 Å². The van der Waals surface area contributed by atoms with E-state index in [2.05, 4.69) is 43.5 Å². The first-order chi connectivity index (χ1) is 38.8. The quantitative estimate of drug-likeness (QED) is 0.0261. The second-order valence-corrected chi connectivity index (χ2v) is 24.7. The molecule has 9 heteroatoms. The molecule has 0 radical (unpaired) electrons. The van der Waals surface area contributed by atoms with Crippen molar-refractivity contribution in [2.45, 2.75) is 403 Å². The van der Waals surface area contributed by atoms with Crippen molar-refractivity contribution in [1.29, 1.82) is 0 Å². The van der Waals surface area contributed by atoms with Gasteiger partial charge in [-0.15, -0.1) is 0 Å². The van der Waals surface area contributed by atoms with Crippen LogP contribution in [0.15, 0.2) is 24.3 Å². The Morgan fingerprint density at radius 2 is 0.747 bits per heavy atom. The SMILES string of the molecule is CCCCCCC/C=C\C/C=C\CCCCCCCCCCCCCCCCCCCCCCCCCC(=O)NC(COC1OC(CO)C(O)C(O)C1O)C(O)CCCCCCCCCCCCCCCCCCCCCCC. The summed E-state index contributed by atoms with van der Waals surface area (Å²) in [5.74, 6) is -0.135. The number of rotatable bonds is 62. The van der Waals surface area contributed by atoms with Crippen LogP contribution in [0.5, 0.6) is 0 Å². The van der Waals surface area contributed by atoms with Crippen molar-refractivity contribution in [2.75, 3.05) is 13.2 Å². The molecule has 0 saturated carbocycles. The molecule has 1 amide bonds. The van der Waals surface area contributed by atoms with Crippen molar-refractivity contribution in [2.24, 2.45) is 0 Å². The molecule has 79 heavy (non-hydrogen) atoms. The highest BCUT2D eigenvalue weighted by Gasteiger charge is 2.44. The third kappa shape index (κ3) is 48.7. The van der Waals surface area contributed by atoms with E-state index < -0.39 is 49.5 Å². The number of aliphatic hydroxyl groups excluding tert-OH is 5. The summed E-state index contributed by atoms with van der Waals surface area (Å²) in [7, 11) is 0. The molecule has 0 aromatic carbocycles. The van der Waals surface area contributed by atoms with E-state index in [-0.39, 0.29) is 12.5 Å². The fourth-order valence-corrected chi connectivity index (χ4v) is 11.6. The third-order valence-electron chi connectivity index (χ3n) is 17.1. The second kappa shape index (κ2) is 59.8. The van der Waals surface area contributed by atoms with E-state index in [9.17, 15) is 30.3 Å². The molecule has 0 aromatic heterocycles. The van der Waals surface area contributed by atoms with E-state index in [1.165, 1.54) is 289 Å². The van der Waals surface area contributed by atoms with Gasteiger partial charge in [0, 0.05) is 6.42 Å². The van der Waals surface area contributed by atoms with Gasteiger partial charge in [0.2, 0.25) is 5.91 Å². The summed E-state index contributed by atoms with van der Waals surface area (Å²) in [4.78, 5) is 13.1. The minimum atomic E-state index is -1.55. The van der Waals surface area contributed by atoms with Crippen molar-refractivity contribution in [3.05, 3.63) is 24.3 Å². The molecule has 0 aliphatic carbocycles. The van der Waals surface area contributed by atoms with Gasteiger partial charge in [-0.1, -0.05) is 334 Å². The van der Waals surface area contributed by atoms with Crippen LogP contribution >= 0.6 is 0 Å². The van der Waals surface area contributed by atoms with Crippen LogP contribution in [0.3, 0.4) is 0 Å². The molecule has 1 fully saturated rings. The van der Waals surface area contributed by atoms with Crippen molar-refractivity contribution in [1.82, 2.24) is 5.32 Å². The normalized spacial score (nSPS) is 18.6. The summed E-state index contributed by atoms with van der Waals surface area (Å²) in [5, 5.41) is 54.9. The van der Waals surface area contributed by atoms with Gasteiger partial charge in [0.25, 0.3) is 0 Å². The van der Waals surface area contributed by atoms with Gasteiger partial charge in [0.1, 0.15) is 24.4 Å². The van der Waals surface area contributed by atoms with Crippen LogP contribution in [0, 0.1) is 0 Å². The zero-order valence-electron chi connectivity index (χ0n) is 52.4. The lowest BCUT2D eigenvalue weighted by atomic mass is 9.99. The van der Waals surface area contributed by atoms with E-state index in [1.54, 1.807) is 0 Å². The van der Waals surface area contributed by atoms with Crippen LogP contribution < -0.4 is 5.32 Å². The maximum absolute atomic E-state index is 13.1. The summed E-state index contributed by atoms with van der Waals surface area (Å²) in [6.07, 6.45) is 71.1. The molecular weight excluding hydrogens is 983 g/mol. The molecule has 468 valence electrons. The Bertz CT molecular complexity index is 1300. The van der Waals surface area contributed by atoms with Gasteiger partial charge in [-0.3, -0.25) is 4.79 Å². The maximum atomic E-state index is 13.1. The zero-order valence-corrected chi connectivity index (χ0v) is 52.4. The number of nitrogens with one attached hydrogen (secondary N) is 1. The molecule has 1 rings (SSSR count). The average Bonchev–Trinajstić information content (AvgIpc) is 3.47. The Morgan fingerprint density at radius 1 is 0.430 bits per heavy atom. The monoisotopic (exact) mass is 1120 g/mol. The van der Waals surface area contributed by atoms with Crippen molar-refractivity contribution < 1.29 is 39.8 Å². The minimum Gasteiger partial charge on any atom is -0.394 e. The van der Waals surface area contributed by atoms with Gasteiger partial charge >= 0.3 is 0 Å². The fourth-order valence-electron chi connectivity index (χ4n) is 11.6. The number of unbranched alkanes of at least 4 members (excludes halogenated alkanes) is 48. The first-order valence-electron chi connectivity index (χ1n) is 35.0. The Hall–Kier alpha value is -1.33. The smallest absolute Gasteiger partial charge is 0.220 e. The fraction of sp³-hybridized carbons (Fsp3) is 0.929. The summed E-state index contributed by atoms with van der Waals surface area (Å²) in [5.41, 5.74) is 0. The van der Waals surface area contributed by atoms with Gasteiger partial charge in [-0.2, -0.15) is 0 Å². The summed E-state index contributed by atoms with van der Waals surface area (Å²) in [6.45, 7) is 3.88. The van der Waals surface area contributed by atoms with Crippen LogP contribution in [-0.4, -0.2) is 87.5 Å². The van der Waals surface area contributed by atoms with Crippen LogP contribution in [0.2, 0.25) is 0 Å². The van der Waals surface area contributed by atoms with Gasteiger partial charge in [-0.05, 0) is 44.9 Å². The van der Waals surface area contributed by atoms with Crippen LogP contribution in [0.4, 0.5) is 0 Å². The topological polar surface area (TPSA) is 149 Å². The molecule has 0 spiro atoms. The lowest BCUT2D eigenvalue weighted by molar-refractivity contribution is -0.302. The molecule has 9 nitrogen and oxygen atoms in total. The highest BCUT2D eigenvalue weighted by atomic mass is 16.7. The summed E-state index contributed by atoms with van der Waals surface area (Å²) < 4.78 is 11.4. The second-order valence-electron chi connectivity index (χ2n) is 24.7. The number of ether oxygens (including phenoxy) is 2. The number of carbonyl (C=O) groups excluding carboxylic acids is 1. The third-order valence-corrected chi connectivity index (χ3v) is 17.1. The Balaban J connectivity index is 2.07. The highest BCUT2D eigenvalue weighted by molar-refractivity contribution is 5.76. The lowest BCUT2D eigenvalue weighted by Gasteiger charge is -2.40. The van der Waals surface area contributed by atoms with Crippen molar-refractivity contribution in [3.8, 4) is 0 Å². The molecule has 0 aromatic rings. The van der Waals surface area contributed by atoms with E-state index in [4.69, 9.17) is 9.47 Å². The molecule has 1 aliphatic rings. The number of allylic oxidation sites excluding steroid dienone is 4. The predicted molar refractivity (Wildman–Crippen MR) is 337 cm³/mol. The van der Waals surface area contributed by atoms with Crippen LogP contribution in [-0.2, 0) is 14.3 Å². The van der Waals surface area contributed by atoms with Crippen molar-refractivity contribution >= 4 is 5.91 Å². The molecule has 1 aliphatic heterocycles. The molecule has 0 bridgehead atoms. The van der Waals surface area contributed by atoms with Gasteiger partial charge in [0.15, 0.2) is 6.29 Å². The van der Waals surface area contributed by atoms with Crippen LogP contribution in [0.25, 0.3) is 0 Å². The Labute approximate surface area is 489 Å². The van der Waals surface area contributed by atoms with Gasteiger partial charge < -0.3 is 40.3 Å². The van der Waals surface area contributed by atoms with Crippen LogP contribution in [0.1, 0.15) is 361 Å². The molecule has 6 N–H and O–H groups in total. The Kier molecular flexibility index (Phi) is 57.3. The average molecular weight is 1120 g/mol. The number of hydrogen-bond donors (Lipinski definition) is 6. The maximum Gasteiger partial charge on any atom is 0.220 e. The molecular formula is C70H135NO8. The summed E-state index contributed by atoms with van der Waals surface area (Å²) in [6, 6.07) is -0.717. The lowest BCUT2D eigenvalue weighted by Crippen LogP contribution is -2.60. The highest BCUT2D eigenvalue weighted by Crippen LogP contribution is 2.24. The Morgan fingerprint density at radius 3 is 1.09 bits per heavy atom.